The van der Waals surface area contributed by atoms with Crippen molar-refractivity contribution in [2.24, 2.45) is 0 Å². The van der Waals surface area contributed by atoms with Gasteiger partial charge in [-0.2, -0.15) is 0 Å². The highest BCUT2D eigenvalue weighted by molar-refractivity contribution is 7.91. The summed E-state index contributed by atoms with van der Waals surface area (Å²) in [4.78, 5) is 17.5. The van der Waals surface area contributed by atoms with Gasteiger partial charge < -0.3 is 14.5 Å². The highest BCUT2D eigenvalue weighted by Gasteiger charge is 2.48. The quantitative estimate of drug-likeness (QED) is 0.770. The summed E-state index contributed by atoms with van der Waals surface area (Å²) >= 11 is 0. The molecule has 3 rings (SSSR count). The Hall–Kier alpha value is -1.87. The zero-order chi connectivity index (χ0) is 19.1. The number of benzene rings is 1. The highest BCUT2D eigenvalue weighted by atomic mass is 32.2. The summed E-state index contributed by atoms with van der Waals surface area (Å²) < 4.78 is 43.7. The summed E-state index contributed by atoms with van der Waals surface area (Å²) in [7, 11) is 1.55. The number of fused-ring (bicyclic) bond motifs is 1. The van der Waals surface area contributed by atoms with Gasteiger partial charge in [0.15, 0.2) is 9.84 Å². The molecule has 0 aromatic heterocycles. The standard InChI is InChI=1S/C17H24FN3O4S/c1-19(2)17(22)21-7-6-20(15-10-26(23,24)11-16(15)21)9-12-4-5-13(25-3)8-14(12)18/h4-5,8,15-16H,6-7,9-11H2,1-3H3/t15-,16+/m0/s1. The first-order valence-electron chi connectivity index (χ1n) is 8.46. The molecule has 9 heteroatoms. The third kappa shape index (κ3) is 3.64. The smallest absolute Gasteiger partial charge is 0.319 e. The molecule has 2 heterocycles. The molecule has 0 aliphatic carbocycles. The van der Waals surface area contributed by atoms with E-state index >= 15 is 0 Å². The molecule has 0 saturated carbocycles. The van der Waals surface area contributed by atoms with E-state index in [1.807, 2.05) is 4.90 Å². The Morgan fingerprint density at radius 1 is 1.27 bits per heavy atom. The van der Waals surface area contributed by atoms with E-state index < -0.39 is 15.9 Å². The van der Waals surface area contributed by atoms with Crippen LogP contribution in [0.15, 0.2) is 18.2 Å². The molecule has 26 heavy (non-hydrogen) atoms. The molecule has 2 saturated heterocycles. The van der Waals surface area contributed by atoms with Gasteiger partial charge in [-0.25, -0.2) is 17.6 Å². The first kappa shape index (κ1) is 18.9. The molecule has 1 aromatic carbocycles. The van der Waals surface area contributed by atoms with E-state index in [4.69, 9.17) is 4.74 Å². The van der Waals surface area contributed by atoms with Crippen LogP contribution in [-0.2, 0) is 16.4 Å². The van der Waals surface area contributed by atoms with Gasteiger partial charge in [-0.1, -0.05) is 6.07 Å². The summed E-state index contributed by atoms with van der Waals surface area (Å²) in [6.45, 7) is 1.23. The number of hydrogen-bond acceptors (Lipinski definition) is 5. The Kier molecular flexibility index (Phi) is 5.12. The normalized spacial score (nSPS) is 25.0. The maximum Gasteiger partial charge on any atom is 0.319 e. The lowest BCUT2D eigenvalue weighted by Crippen LogP contribution is -2.61. The average molecular weight is 385 g/mol. The van der Waals surface area contributed by atoms with Crippen molar-refractivity contribution in [2.75, 3.05) is 45.8 Å². The molecule has 2 aliphatic rings. The van der Waals surface area contributed by atoms with Gasteiger partial charge in [-0.3, -0.25) is 4.90 Å². The molecule has 144 valence electrons. The topological polar surface area (TPSA) is 70.2 Å². The maximum atomic E-state index is 14.3. The van der Waals surface area contributed by atoms with Crippen molar-refractivity contribution in [1.82, 2.24) is 14.7 Å². The van der Waals surface area contributed by atoms with Crippen LogP contribution in [-0.4, -0.2) is 87.0 Å². The summed E-state index contributed by atoms with van der Waals surface area (Å²) in [6.07, 6.45) is 0. The zero-order valence-corrected chi connectivity index (χ0v) is 16.0. The van der Waals surface area contributed by atoms with Gasteiger partial charge in [0.2, 0.25) is 0 Å². The number of carbonyl (C=O) groups is 1. The zero-order valence-electron chi connectivity index (χ0n) is 15.2. The van der Waals surface area contributed by atoms with E-state index in [-0.39, 0.29) is 29.4 Å². The maximum absolute atomic E-state index is 14.3. The number of carbonyl (C=O) groups excluding carboxylic acids is 1. The molecular formula is C17H24FN3O4S. The summed E-state index contributed by atoms with van der Waals surface area (Å²) in [6, 6.07) is 3.76. The third-order valence-electron chi connectivity index (χ3n) is 5.05. The SMILES string of the molecule is COc1ccc(CN2CCN(C(=O)N(C)C)[C@@H]3CS(=O)(=O)C[C@@H]32)c(F)c1. The summed E-state index contributed by atoms with van der Waals surface area (Å²) in [5.41, 5.74) is 0.487. The predicted molar refractivity (Wildman–Crippen MR) is 95.4 cm³/mol. The molecule has 0 radical (unpaired) electrons. The first-order chi connectivity index (χ1) is 12.2. The fourth-order valence-electron chi connectivity index (χ4n) is 3.72. The number of hydrogen-bond donors (Lipinski definition) is 0. The molecule has 0 N–H and O–H groups in total. The minimum Gasteiger partial charge on any atom is -0.497 e. The van der Waals surface area contributed by atoms with Crippen molar-refractivity contribution in [3.63, 3.8) is 0 Å². The molecule has 2 atom stereocenters. The van der Waals surface area contributed by atoms with Crippen molar-refractivity contribution in [1.29, 1.82) is 0 Å². The van der Waals surface area contributed by atoms with Gasteiger partial charge in [0.25, 0.3) is 0 Å². The van der Waals surface area contributed by atoms with E-state index in [0.29, 0.717) is 30.9 Å². The second-order valence-corrected chi connectivity index (χ2v) is 9.16. The van der Waals surface area contributed by atoms with E-state index in [9.17, 15) is 17.6 Å². The number of piperazine rings is 1. The van der Waals surface area contributed by atoms with Gasteiger partial charge in [-0.05, 0) is 6.07 Å². The molecule has 2 fully saturated rings. The highest BCUT2D eigenvalue weighted by Crippen LogP contribution is 2.29. The van der Waals surface area contributed by atoms with Gasteiger partial charge >= 0.3 is 6.03 Å². The number of methoxy groups -OCH3 is 1. The minimum atomic E-state index is -3.23. The Bertz CT molecular complexity index is 799. The van der Waals surface area contributed by atoms with Crippen LogP contribution in [0.5, 0.6) is 5.75 Å². The molecule has 0 unspecified atom stereocenters. The molecule has 2 aliphatic heterocycles. The summed E-state index contributed by atoms with van der Waals surface area (Å²) in [5.74, 6) is 0.00778. The molecule has 0 bridgehead atoms. The fraction of sp³-hybridized carbons (Fsp3) is 0.588. The van der Waals surface area contributed by atoms with Crippen molar-refractivity contribution < 1.29 is 22.3 Å². The molecule has 2 amide bonds. The number of halogens is 1. The third-order valence-corrected chi connectivity index (χ3v) is 6.75. The Morgan fingerprint density at radius 3 is 2.58 bits per heavy atom. The van der Waals surface area contributed by atoms with Gasteiger partial charge in [-0.15, -0.1) is 0 Å². The van der Waals surface area contributed by atoms with E-state index in [0.717, 1.165) is 0 Å². The fourth-order valence-corrected chi connectivity index (χ4v) is 5.73. The van der Waals surface area contributed by atoms with Crippen LogP contribution in [0.3, 0.4) is 0 Å². The molecule has 1 aromatic rings. The van der Waals surface area contributed by atoms with Crippen molar-refractivity contribution in [3.05, 3.63) is 29.6 Å². The predicted octanol–water partition coefficient (Wildman–Crippen LogP) is 0.799. The second-order valence-electron chi connectivity index (χ2n) is 7.01. The molecule has 0 spiro atoms. The first-order valence-corrected chi connectivity index (χ1v) is 10.3. The number of ether oxygens (including phenoxy) is 1. The van der Waals surface area contributed by atoms with Crippen molar-refractivity contribution in [2.45, 2.75) is 18.6 Å². The van der Waals surface area contributed by atoms with Crippen LogP contribution in [0.2, 0.25) is 0 Å². The summed E-state index contributed by atoms with van der Waals surface area (Å²) in [5, 5.41) is 0. The number of urea groups is 1. The second kappa shape index (κ2) is 7.03. The van der Waals surface area contributed by atoms with Crippen LogP contribution >= 0.6 is 0 Å². The largest absolute Gasteiger partial charge is 0.497 e. The van der Waals surface area contributed by atoms with Gasteiger partial charge in [0, 0.05) is 51.4 Å². The van der Waals surface area contributed by atoms with Crippen LogP contribution in [0.4, 0.5) is 9.18 Å². The number of rotatable bonds is 3. The monoisotopic (exact) mass is 385 g/mol. The minimum absolute atomic E-state index is 0.00729. The van der Waals surface area contributed by atoms with Crippen LogP contribution in [0, 0.1) is 5.82 Å². The van der Waals surface area contributed by atoms with Crippen molar-refractivity contribution in [3.8, 4) is 5.75 Å². The number of nitrogens with zero attached hydrogens (tertiary/aromatic N) is 3. The lowest BCUT2D eigenvalue weighted by molar-refractivity contribution is 0.0514. The molecule has 7 nitrogen and oxygen atoms in total. The average Bonchev–Trinajstić information content (AvgIpc) is 2.91. The number of sulfone groups is 1. The Balaban J connectivity index is 1.83. The lowest BCUT2D eigenvalue weighted by atomic mass is 10.0. The lowest BCUT2D eigenvalue weighted by Gasteiger charge is -2.44. The van der Waals surface area contributed by atoms with E-state index in [2.05, 4.69) is 0 Å². The van der Waals surface area contributed by atoms with Crippen LogP contribution in [0.25, 0.3) is 0 Å². The number of amides is 2. The van der Waals surface area contributed by atoms with Gasteiger partial charge in [0.1, 0.15) is 11.6 Å². The van der Waals surface area contributed by atoms with Crippen LogP contribution in [0.1, 0.15) is 5.56 Å². The Morgan fingerprint density at radius 2 is 1.96 bits per heavy atom. The van der Waals surface area contributed by atoms with Crippen molar-refractivity contribution >= 4 is 15.9 Å². The van der Waals surface area contributed by atoms with Crippen LogP contribution < -0.4 is 4.74 Å². The van der Waals surface area contributed by atoms with E-state index in [1.165, 1.54) is 18.1 Å². The van der Waals surface area contributed by atoms with Gasteiger partial charge in [0.05, 0.1) is 24.7 Å². The van der Waals surface area contributed by atoms with E-state index in [1.54, 1.807) is 31.1 Å². The molecular weight excluding hydrogens is 361 g/mol. The Labute approximate surface area is 153 Å².